The molecule has 0 aliphatic heterocycles. The third-order valence-corrected chi connectivity index (χ3v) is 2.91. The summed E-state index contributed by atoms with van der Waals surface area (Å²) in [6.07, 6.45) is 1.84. The van der Waals surface area contributed by atoms with Gasteiger partial charge in [-0.1, -0.05) is 22.4 Å². The zero-order chi connectivity index (χ0) is 6.57. The SMILES string of the molecule is CSS/C(Cl)=C(\O)Cl. The standard InChI is InChI=1S/C3H4Cl2OS2/c1-7-8-3(5)2(4)6/h6H,1H3/b3-2-. The maximum Gasteiger partial charge on any atom is 0.211 e. The van der Waals surface area contributed by atoms with Gasteiger partial charge in [-0.15, -0.1) is 0 Å². The molecule has 0 rings (SSSR count). The van der Waals surface area contributed by atoms with Crippen LogP contribution in [0, 0.1) is 0 Å². The number of aliphatic hydroxyl groups excluding tert-OH is 1. The quantitative estimate of drug-likeness (QED) is 0.534. The molecule has 1 nitrogen and oxygen atoms in total. The second kappa shape index (κ2) is 4.68. The molecule has 0 aromatic heterocycles. The van der Waals surface area contributed by atoms with Gasteiger partial charge in [0, 0.05) is 0 Å². The van der Waals surface area contributed by atoms with E-state index in [9.17, 15) is 0 Å². The molecule has 5 heteroatoms. The second-order valence-corrected chi connectivity index (χ2v) is 4.18. The van der Waals surface area contributed by atoms with E-state index in [2.05, 4.69) is 0 Å². The van der Waals surface area contributed by atoms with Gasteiger partial charge in [0.25, 0.3) is 0 Å². The minimum Gasteiger partial charge on any atom is -0.497 e. The van der Waals surface area contributed by atoms with E-state index in [1.54, 1.807) is 0 Å². The van der Waals surface area contributed by atoms with Gasteiger partial charge >= 0.3 is 0 Å². The van der Waals surface area contributed by atoms with Gasteiger partial charge in [-0.05, 0) is 28.7 Å². The van der Waals surface area contributed by atoms with Gasteiger partial charge in [0.2, 0.25) is 5.22 Å². The largest absolute Gasteiger partial charge is 0.497 e. The van der Waals surface area contributed by atoms with Crippen LogP contribution in [-0.4, -0.2) is 11.4 Å². The Balaban J connectivity index is 3.62. The van der Waals surface area contributed by atoms with Gasteiger partial charge in [0.05, 0.1) is 0 Å². The number of hydrogen-bond acceptors (Lipinski definition) is 3. The molecule has 0 aromatic rings. The summed E-state index contributed by atoms with van der Waals surface area (Å²) in [6.45, 7) is 0. The van der Waals surface area contributed by atoms with Crippen molar-refractivity contribution < 1.29 is 5.11 Å². The fraction of sp³-hybridized carbons (Fsp3) is 0.333. The van der Waals surface area contributed by atoms with Gasteiger partial charge < -0.3 is 5.11 Å². The van der Waals surface area contributed by atoms with E-state index in [1.165, 1.54) is 21.6 Å². The lowest BCUT2D eigenvalue weighted by Gasteiger charge is -1.90. The first-order valence-electron chi connectivity index (χ1n) is 1.63. The van der Waals surface area contributed by atoms with Crippen LogP contribution in [-0.2, 0) is 0 Å². The van der Waals surface area contributed by atoms with Crippen molar-refractivity contribution >= 4 is 44.8 Å². The highest BCUT2D eigenvalue weighted by Gasteiger charge is 1.96. The minimum atomic E-state index is -0.342. The first-order valence-corrected chi connectivity index (χ1v) is 4.94. The number of rotatable bonds is 2. The molecule has 0 fully saturated rings. The molecule has 8 heavy (non-hydrogen) atoms. The Morgan fingerprint density at radius 3 is 2.12 bits per heavy atom. The average Bonchev–Trinajstić information content (AvgIpc) is 1.67. The van der Waals surface area contributed by atoms with Gasteiger partial charge in [0.15, 0.2) is 0 Å². The van der Waals surface area contributed by atoms with E-state index in [-0.39, 0.29) is 9.58 Å². The van der Waals surface area contributed by atoms with Gasteiger partial charge in [0.1, 0.15) is 4.36 Å². The Morgan fingerprint density at radius 2 is 2.00 bits per heavy atom. The predicted molar refractivity (Wildman–Crippen MR) is 42.5 cm³/mol. The Labute approximate surface area is 65.8 Å². The number of hydrogen-bond donors (Lipinski definition) is 1. The fourth-order valence-electron chi connectivity index (χ4n) is 0.108. The van der Waals surface area contributed by atoms with E-state index >= 15 is 0 Å². The first-order chi connectivity index (χ1) is 3.68. The van der Waals surface area contributed by atoms with E-state index in [0.717, 1.165) is 0 Å². The van der Waals surface area contributed by atoms with Crippen LogP contribution in [0.5, 0.6) is 0 Å². The minimum absolute atomic E-state index is 0.221. The maximum atomic E-state index is 8.43. The topological polar surface area (TPSA) is 20.2 Å². The molecule has 0 atom stereocenters. The molecule has 0 aliphatic rings. The molecular weight excluding hydrogens is 187 g/mol. The molecule has 0 unspecified atom stereocenters. The van der Waals surface area contributed by atoms with Gasteiger partial charge in [-0.25, -0.2) is 0 Å². The highest BCUT2D eigenvalue weighted by atomic mass is 35.5. The van der Waals surface area contributed by atoms with Crippen LogP contribution in [0.2, 0.25) is 0 Å². The maximum absolute atomic E-state index is 8.43. The van der Waals surface area contributed by atoms with E-state index in [4.69, 9.17) is 28.3 Å². The van der Waals surface area contributed by atoms with E-state index in [1.807, 2.05) is 6.26 Å². The van der Waals surface area contributed by atoms with Crippen molar-refractivity contribution in [2.45, 2.75) is 0 Å². The van der Waals surface area contributed by atoms with Crippen LogP contribution in [0.15, 0.2) is 9.58 Å². The summed E-state index contributed by atoms with van der Waals surface area (Å²) in [5.41, 5.74) is 0. The van der Waals surface area contributed by atoms with Crippen LogP contribution >= 0.6 is 44.8 Å². The van der Waals surface area contributed by atoms with Crippen molar-refractivity contribution in [3.63, 3.8) is 0 Å². The summed E-state index contributed by atoms with van der Waals surface area (Å²) in [6, 6.07) is 0. The fourth-order valence-corrected chi connectivity index (χ4v) is 1.82. The smallest absolute Gasteiger partial charge is 0.211 e. The molecule has 0 radical (unpaired) electrons. The van der Waals surface area contributed by atoms with Crippen molar-refractivity contribution in [1.82, 2.24) is 0 Å². The predicted octanol–water partition coefficient (Wildman–Crippen LogP) is 3.16. The zero-order valence-electron chi connectivity index (χ0n) is 4.02. The van der Waals surface area contributed by atoms with Crippen molar-refractivity contribution in [3.05, 3.63) is 9.58 Å². The summed E-state index contributed by atoms with van der Waals surface area (Å²) in [4.78, 5) is 0. The molecule has 0 saturated carbocycles. The highest BCUT2D eigenvalue weighted by molar-refractivity contribution is 8.78. The molecule has 0 aliphatic carbocycles. The second-order valence-electron chi connectivity index (χ2n) is 0.815. The highest BCUT2D eigenvalue weighted by Crippen LogP contribution is 2.32. The van der Waals surface area contributed by atoms with Crippen LogP contribution in [0.3, 0.4) is 0 Å². The lowest BCUT2D eigenvalue weighted by Crippen LogP contribution is -1.65. The molecule has 0 aromatic carbocycles. The molecule has 0 bridgehead atoms. The molecule has 0 heterocycles. The third kappa shape index (κ3) is 3.78. The molecular formula is C3H4Cl2OS2. The van der Waals surface area contributed by atoms with Gasteiger partial charge in [-0.3, -0.25) is 0 Å². The normalized spacial score (nSPS) is 13.4. The average molecular weight is 191 g/mol. The van der Waals surface area contributed by atoms with E-state index in [0.29, 0.717) is 0 Å². The summed E-state index contributed by atoms with van der Waals surface area (Å²) < 4.78 is 0.221. The van der Waals surface area contributed by atoms with Crippen LogP contribution in [0.4, 0.5) is 0 Å². The summed E-state index contributed by atoms with van der Waals surface area (Å²) in [7, 11) is 2.64. The molecule has 0 amide bonds. The molecule has 0 spiro atoms. The molecule has 0 saturated heterocycles. The van der Waals surface area contributed by atoms with Crippen LogP contribution < -0.4 is 0 Å². The molecule has 1 N–H and O–H groups in total. The zero-order valence-corrected chi connectivity index (χ0v) is 7.16. The monoisotopic (exact) mass is 190 g/mol. The number of halogens is 2. The Hall–Kier alpha value is 0.820. The lowest BCUT2D eigenvalue weighted by molar-refractivity contribution is 0.453. The summed E-state index contributed by atoms with van der Waals surface area (Å²) in [5.74, 6) is 0. The third-order valence-electron chi connectivity index (χ3n) is 0.319. The van der Waals surface area contributed by atoms with Crippen molar-refractivity contribution in [1.29, 1.82) is 0 Å². The van der Waals surface area contributed by atoms with Crippen LogP contribution in [0.1, 0.15) is 0 Å². The number of aliphatic hydroxyl groups is 1. The van der Waals surface area contributed by atoms with Crippen molar-refractivity contribution in [3.8, 4) is 0 Å². The Morgan fingerprint density at radius 1 is 1.50 bits per heavy atom. The Kier molecular flexibility index (Phi) is 5.15. The lowest BCUT2D eigenvalue weighted by atomic mass is 11.1. The van der Waals surface area contributed by atoms with Crippen LogP contribution in [0.25, 0.3) is 0 Å². The summed E-state index contributed by atoms with van der Waals surface area (Å²) >= 11 is 10.4. The first kappa shape index (κ1) is 8.82. The molecule has 48 valence electrons. The van der Waals surface area contributed by atoms with E-state index < -0.39 is 0 Å². The van der Waals surface area contributed by atoms with Gasteiger partial charge in [-0.2, -0.15) is 0 Å². The Bertz CT molecular complexity index is 99.5. The summed E-state index contributed by atoms with van der Waals surface area (Å²) in [5, 5.41) is 8.09. The van der Waals surface area contributed by atoms with Crippen molar-refractivity contribution in [2.24, 2.45) is 0 Å². The van der Waals surface area contributed by atoms with Crippen molar-refractivity contribution in [2.75, 3.05) is 6.26 Å².